The number of nitrogens with one attached hydrogen (secondary N) is 1. The number of carbonyl (C=O) groups excluding carboxylic acids is 1. The maximum absolute atomic E-state index is 13.4. The highest BCUT2D eigenvalue weighted by Gasteiger charge is 2.23. The molecule has 5 heteroatoms. The number of nitrogens with two attached hydrogens (primary N) is 1. The molecule has 1 amide bonds. The highest BCUT2D eigenvalue weighted by molar-refractivity contribution is 5.78. The molecule has 1 aromatic rings. The molecule has 0 aromatic heterocycles. The lowest BCUT2D eigenvalue weighted by atomic mass is 10.1. The Bertz CT molecular complexity index is 460. The SMILES string of the molecule is CN(CC(=O)NC1CC1)Cc1cc(F)cc(CN)c1. The van der Waals surface area contributed by atoms with E-state index in [1.165, 1.54) is 12.1 Å². The van der Waals surface area contributed by atoms with E-state index in [0.717, 1.165) is 24.0 Å². The molecule has 0 spiro atoms. The molecule has 0 saturated heterocycles. The third kappa shape index (κ3) is 4.61. The van der Waals surface area contributed by atoms with Crippen LogP contribution in [0.1, 0.15) is 24.0 Å². The summed E-state index contributed by atoms with van der Waals surface area (Å²) in [6.45, 7) is 1.17. The highest BCUT2D eigenvalue weighted by Crippen LogP contribution is 2.18. The van der Waals surface area contributed by atoms with Gasteiger partial charge in [-0.25, -0.2) is 4.39 Å². The zero-order chi connectivity index (χ0) is 13.8. The molecule has 4 nitrogen and oxygen atoms in total. The van der Waals surface area contributed by atoms with E-state index in [9.17, 15) is 9.18 Å². The van der Waals surface area contributed by atoms with E-state index < -0.39 is 0 Å². The van der Waals surface area contributed by atoms with Crippen LogP contribution in [0.25, 0.3) is 0 Å². The molecule has 0 unspecified atom stereocenters. The fourth-order valence-corrected chi connectivity index (χ4v) is 2.04. The number of nitrogens with zero attached hydrogens (tertiary/aromatic N) is 1. The standard InChI is InChI=1S/C14H20FN3O/c1-18(9-14(19)17-13-2-3-13)8-11-4-10(7-16)5-12(15)6-11/h4-6,13H,2-3,7-9,16H2,1H3,(H,17,19). The van der Waals surface area contributed by atoms with Crippen molar-refractivity contribution in [3.05, 3.63) is 35.1 Å². The Morgan fingerprint density at radius 3 is 2.74 bits per heavy atom. The summed E-state index contributed by atoms with van der Waals surface area (Å²) < 4.78 is 13.4. The lowest BCUT2D eigenvalue weighted by molar-refractivity contribution is -0.122. The molecule has 1 saturated carbocycles. The first-order valence-corrected chi connectivity index (χ1v) is 6.53. The minimum atomic E-state index is -0.284. The van der Waals surface area contributed by atoms with Crippen LogP contribution in [0.15, 0.2) is 18.2 Å². The van der Waals surface area contributed by atoms with E-state index in [0.29, 0.717) is 25.7 Å². The van der Waals surface area contributed by atoms with E-state index >= 15 is 0 Å². The molecule has 3 N–H and O–H groups in total. The Morgan fingerprint density at radius 1 is 1.42 bits per heavy atom. The zero-order valence-corrected chi connectivity index (χ0v) is 11.2. The lowest BCUT2D eigenvalue weighted by Gasteiger charge is -2.16. The van der Waals surface area contributed by atoms with Crippen LogP contribution in [-0.4, -0.2) is 30.4 Å². The molecule has 0 bridgehead atoms. The van der Waals surface area contributed by atoms with Gasteiger partial charge in [0.2, 0.25) is 5.91 Å². The first-order valence-electron chi connectivity index (χ1n) is 6.53. The average Bonchev–Trinajstić information content (AvgIpc) is 3.11. The van der Waals surface area contributed by atoms with Crippen molar-refractivity contribution in [1.29, 1.82) is 0 Å². The van der Waals surface area contributed by atoms with Crippen LogP contribution in [0.5, 0.6) is 0 Å². The third-order valence-electron chi connectivity index (χ3n) is 3.06. The fraction of sp³-hybridized carbons (Fsp3) is 0.500. The molecule has 2 rings (SSSR count). The van der Waals surface area contributed by atoms with Crippen LogP contribution in [0.3, 0.4) is 0 Å². The van der Waals surface area contributed by atoms with Crippen molar-refractivity contribution in [2.75, 3.05) is 13.6 Å². The number of carbonyl (C=O) groups is 1. The number of likely N-dealkylation sites (N-methyl/N-ethyl adjacent to an activating group) is 1. The number of hydrogen-bond donors (Lipinski definition) is 2. The van der Waals surface area contributed by atoms with Gasteiger partial charge in [0, 0.05) is 19.1 Å². The largest absolute Gasteiger partial charge is 0.352 e. The Balaban J connectivity index is 1.88. The summed E-state index contributed by atoms with van der Waals surface area (Å²) in [6.07, 6.45) is 2.17. The van der Waals surface area contributed by atoms with Gasteiger partial charge in [0.05, 0.1) is 6.54 Å². The first kappa shape index (κ1) is 14.0. The van der Waals surface area contributed by atoms with Crippen molar-refractivity contribution in [2.24, 2.45) is 5.73 Å². The van der Waals surface area contributed by atoms with E-state index in [1.54, 1.807) is 0 Å². The molecule has 1 aliphatic carbocycles. The number of amides is 1. The topological polar surface area (TPSA) is 58.4 Å². The Labute approximate surface area is 112 Å². The van der Waals surface area contributed by atoms with Gasteiger partial charge in [-0.15, -0.1) is 0 Å². The zero-order valence-electron chi connectivity index (χ0n) is 11.2. The van der Waals surface area contributed by atoms with E-state index in [-0.39, 0.29) is 11.7 Å². The molecule has 0 atom stereocenters. The molecule has 104 valence electrons. The lowest BCUT2D eigenvalue weighted by Crippen LogP contribution is -2.35. The van der Waals surface area contributed by atoms with Gasteiger partial charge in [-0.1, -0.05) is 6.07 Å². The quantitative estimate of drug-likeness (QED) is 0.806. The van der Waals surface area contributed by atoms with Crippen molar-refractivity contribution >= 4 is 5.91 Å². The molecule has 0 radical (unpaired) electrons. The van der Waals surface area contributed by atoms with Crippen molar-refractivity contribution < 1.29 is 9.18 Å². The van der Waals surface area contributed by atoms with Crippen LogP contribution in [0.4, 0.5) is 4.39 Å². The van der Waals surface area contributed by atoms with E-state index in [1.807, 2.05) is 18.0 Å². The van der Waals surface area contributed by atoms with Crippen LogP contribution in [-0.2, 0) is 17.9 Å². The second kappa shape index (κ2) is 6.12. The van der Waals surface area contributed by atoms with Crippen molar-refractivity contribution in [2.45, 2.75) is 32.0 Å². The smallest absolute Gasteiger partial charge is 0.234 e. The number of halogens is 1. The first-order chi connectivity index (χ1) is 9.06. The van der Waals surface area contributed by atoms with Crippen LogP contribution in [0, 0.1) is 5.82 Å². The van der Waals surface area contributed by atoms with Gasteiger partial charge in [0.15, 0.2) is 0 Å². The molecular formula is C14H20FN3O. The summed E-state index contributed by atoms with van der Waals surface area (Å²) in [5.74, 6) is -0.255. The number of rotatable bonds is 6. The third-order valence-corrected chi connectivity index (χ3v) is 3.06. The summed E-state index contributed by atoms with van der Waals surface area (Å²) in [5, 5.41) is 2.93. The van der Waals surface area contributed by atoms with Gasteiger partial charge >= 0.3 is 0 Å². The molecule has 0 heterocycles. The van der Waals surface area contributed by atoms with Crippen molar-refractivity contribution in [3.63, 3.8) is 0 Å². The van der Waals surface area contributed by atoms with E-state index in [4.69, 9.17) is 5.73 Å². The normalized spacial score (nSPS) is 14.7. The van der Waals surface area contributed by atoms with Gasteiger partial charge in [-0.2, -0.15) is 0 Å². The summed E-state index contributed by atoms with van der Waals surface area (Å²) in [4.78, 5) is 13.5. The van der Waals surface area contributed by atoms with Gasteiger partial charge < -0.3 is 11.1 Å². The molecule has 1 aliphatic rings. The van der Waals surface area contributed by atoms with Crippen molar-refractivity contribution in [3.8, 4) is 0 Å². The molecule has 1 fully saturated rings. The average molecular weight is 265 g/mol. The summed E-state index contributed by atoms with van der Waals surface area (Å²) in [6, 6.07) is 5.16. The second-order valence-corrected chi connectivity index (χ2v) is 5.19. The summed E-state index contributed by atoms with van der Waals surface area (Å²) in [5.41, 5.74) is 7.12. The maximum atomic E-state index is 13.4. The minimum absolute atomic E-state index is 0.0282. The van der Waals surface area contributed by atoms with Gasteiger partial charge in [0.25, 0.3) is 0 Å². The second-order valence-electron chi connectivity index (χ2n) is 5.19. The van der Waals surface area contributed by atoms with Gasteiger partial charge in [-0.05, 0) is 43.1 Å². The van der Waals surface area contributed by atoms with Gasteiger partial charge in [-0.3, -0.25) is 9.69 Å². The summed E-state index contributed by atoms with van der Waals surface area (Å²) >= 11 is 0. The van der Waals surface area contributed by atoms with Crippen LogP contribution < -0.4 is 11.1 Å². The number of benzene rings is 1. The molecule has 19 heavy (non-hydrogen) atoms. The Morgan fingerprint density at radius 2 is 2.11 bits per heavy atom. The predicted octanol–water partition coefficient (Wildman–Crippen LogP) is 0.995. The molecule has 0 aliphatic heterocycles. The fourth-order valence-electron chi connectivity index (χ4n) is 2.04. The van der Waals surface area contributed by atoms with Crippen molar-refractivity contribution in [1.82, 2.24) is 10.2 Å². The van der Waals surface area contributed by atoms with Gasteiger partial charge in [0.1, 0.15) is 5.82 Å². The van der Waals surface area contributed by atoms with Crippen LogP contribution >= 0.6 is 0 Å². The molecule has 1 aromatic carbocycles. The van der Waals surface area contributed by atoms with Crippen LogP contribution in [0.2, 0.25) is 0 Å². The summed E-state index contributed by atoms with van der Waals surface area (Å²) in [7, 11) is 1.85. The predicted molar refractivity (Wildman–Crippen MR) is 71.8 cm³/mol. The molecular weight excluding hydrogens is 245 g/mol. The Kier molecular flexibility index (Phi) is 4.50. The van der Waals surface area contributed by atoms with E-state index in [2.05, 4.69) is 5.32 Å². The monoisotopic (exact) mass is 265 g/mol. The minimum Gasteiger partial charge on any atom is -0.352 e. The highest BCUT2D eigenvalue weighted by atomic mass is 19.1. The number of hydrogen-bond acceptors (Lipinski definition) is 3. The maximum Gasteiger partial charge on any atom is 0.234 e. The Hall–Kier alpha value is -1.46.